The van der Waals surface area contributed by atoms with Gasteiger partial charge in [-0.05, 0) is 30.5 Å². The van der Waals surface area contributed by atoms with E-state index in [4.69, 9.17) is 0 Å². The zero-order chi connectivity index (χ0) is 17.1. The molecule has 0 bridgehead atoms. The van der Waals surface area contributed by atoms with Gasteiger partial charge in [0.2, 0.25) is 5.91 Å². The molecule has 124 valence electrons. The minimum absolute atomic E-state index is 0.0118. The van der Waals surface area contributed by atoms with Gasteiger partial charge >= 0.3 is 0 Å². The minimum Gasteiger partial charge on any atom is -0.361 e. The zero-order valence-electron chi connectivity index (χ0n) is 13.4. The number of hydrogen-bond acceptors (Lipinski definition) is 5. The molecule has 24 heavy (non-hydrogen) atoms. The number of nitro groups is 1. The summed E-state index contributed by atoms with van der Waals surface area (Å²) in [7, 11) is 0. The van der Waals surface area contributed by atoms with Crippen molar-refractivity contribution in [3.8, 4) is 0 Å². The summed E-state index contributed by atoms with van der Waals surface area (Å²) in [6, 6.07) is 9.72. The number of aromatic nitrogens is 1. The molecule has 1 aliphatic rings. The Morgan fingerprint density at radius 1 is 1.38 bits per heavy atom. The number of hydrogen-bond donors (Lipinski definition) is 1. The fourth-order valence-corrected chi connectivity index (χ4v) is 2.82. The lowest BCUT2D eigenvalue weighted by atomic mass is 10.00. The van der Waals surface area contributed by atoms with Crippen molar-refractivity contribution in [2.75, 3.05) is 18.4 Å². The number of pyridine rings is 1. The van der Waals surface area contributed by atoms with E-state index in [-0.39, 0.29) is 18.1 Å². The molecule has 7 nitrogen and oxygen atoms in total. The summed E-state index contributed by atoms with van der Waals surface area (Å²) in [5.41, 5.74) is 2.96. The Morgan fingerprint density at radius 2 is 2.12 bits per heavy atom. The molecule has 1 N–H and O–H groups in total. The van der Waals surface area contributed by atoms with Crippen molar-refractivity contribution in [3.05, 3.63) is 63.3 Å². The van der Waals surface area contributed by atoms with Crippen molar-refractivity contribution in [1.82, 2.24) is 9.88 Å². The molecule has 0 radical (unpaired) electrons. The number of aryl methyl sites for hydroxylation is 1. The van der Waals surface area contributed by atoms with Gasteiger partial charge in [0.05, 0.1) is 11.5 Å². The molecule has 0 atom stereocenters. The lowest BCUT2D eigenvalue weighted by Crippen LogP contribution is -2.39. The number of carbonyl (C=O) groups excluding carboxylic acids is 1. The van der Waals surface area contributed by atoms with E-state index < -0.39 is 4.92 Å². The molecule has 0 saturated heterocycles. The lowest BCUT2D eigenvalue weighted by Gasteiger charge is -2.29. The molecule has 3 rings (SSSR count). The molecular weight excluding hydrogens is 308 g/mol. The SMILES string of the molecule is Cc1cc(NCC(=O)N2CCc3ccccc3C2)ncc1[N+](=O)[O-]. The van der Waals surface area contributed by atoms with Crippen LogP contribution in [-0.4, -0.2) is 33.8 Å². The molecule has 2 aromatic rings. The molecule has 0 unspecified atom stereocenters. The number of fused-ring (bicyclic) bond motifs is 1. The summed E-state index contributed by atoms with van der Waals surface area (Å²) < 4.78 is 0. The Balaban J connectivity index is 1.60. The third-order valence-electron chi connectivity index (χ3n) is 4.18. The van der Waals surface area contributed by atoms with E-state index in [0.29, 0.717) is 24.5 Å². The first-order valence-electron chi connectivity index (χ1n) is 7.74. The van der Waals surface area contributed by atoms with Crippen LogP contribution in [0.1, 0.15) is 16.7 Å². The first kappa shape index (κ1) is 15.9. The third kappa shape index (κ3) is 3.34. The van der Waals surface area contributed by atoms with Crippen LogP contribution in [0.2, 0.25) is 0 Å². The Bertz CT molecular complexity index is 791. The predicted molar refractivity (Wildman–Crippen MR) is 89.7 cm³/mol. The molecule has 1 aromatic carbocycles. The monoisotopic (exact) mass is 326 g/mol. The maximum atomic E-state index is 12.4. The number of anilines is 1. The van der Waals surface area contributed by atoms with Crippen molar-refractivity contribution in [3.63, 3.8) is 0 Å². The summed E-state index contributed by atoms with van der Waals surface area (Å²) in [5, 5.41) is 13.7. The number of nitrogens with one attached hydrogen (secondary N) is 1. The van der Waals surface area contributed by atoms with Gasteiger partial charge in [0, 0.05) is 18.7 Å². The lowest BCUT2D eigenvalue weighted by molar-refractivity contribution is -0.385. The van der Waals surface area contributed by atoms with E-state index in [1.807, 2.05) is 23.1 Å². The van der Waals surface area contributed by atoms with Crippen LogP contribution in [0.4, 0.5) is 11.5 Å². The fourth-order valence-electron chi connectivity index (χ4n) is 2.82. The second kappa shape index (κ2) is 6.66. The van der Waals surface area contributed by atoms with Gasteiger partial charge in [-0.3, -0.25) is 14.9 Å². The van der Waals surface area contributed by atoms with Gasteiger partial charge in [-0.25, -0.2) is 4.98 Å². The first-order valence-corrected chi connectivity index (χ1v) is 7.74. The second-order valence-corrected chi connectivity index (χ2v) is 5.80. The van der Waals surface area contributed by atoms with Gasteiger partial charge in [-0.2, -0.15) is 0 Å². The van der Waals surface area contributed by atoms with E-state index in [0.717, 1.165) is 6.42 Å². The standard InChI is InChI=1S/C17H18N4O3/c1-12-8-16(18-9-15(12)21(23)24)19-10-17(22)20-7-6-13-4-2-3-5-14(13)11-20/h2-5,8-9H,6-7,10-11H2,1H3,(H,18,19). The van der Waals surface area contributed by atoms with Crippen LogP contribution in [0.3, 0.4) is 0 Å². The number of carbonyl (C=O) groups is 1. The smallest absolute Gasteiger partial charge is 0.290 e. The van der Waals surface area contributed by atoms with E-state index in [9.17, 15) is 14.9 Å². The van der Waals surface area contributed by atoms with Crippen molar-refractivity contribution in [1.29, 1.82) is 0 Å². The Morgan fingerprint density at radius 3 is 2.83 bits per heavy atom. The molecular formula is C17H18N4O3. The van der Waals surface area contributed by atoms with Gasteiger partial charge in [0.15, 0.2) is 0 Å². The number of amides is 1. The average Bonchev–Trinajstić information content (AvgIpc) is 2.59. The molecule has 7 heteroatoms. The van der Waals surface area contributed by atoms with Gasteiger partial charge in [0.25, 0.3) is 5.69 Å². The van der Waals surface area contributed by atoms with Crippen LogP contribution in [0.25, 0.3) is 0 Å². The summed E-state index contributed by atoms with van der Waals surface area (Å²) >= 11 is 0. The summed E-state index contributed by atoms with van der Waals surface area (Å²) in [5.74, 6) is 0.450. The largest absolute Gasteiger partial charge is 0.361 e. The molecule has 1 aromatic heterocycles. The molecule has 0 saturated carbocycles. The number of benzene rings is 1. The van der Waals surface area contributed by atoms with E-state index in [2.05, 4.69) is 16.4 Å². The average molecular weight is 326 g/mol. The van der Waals surface area contributed by atoms with Crippen LogP contribution in [-0.2, 0) is 17.8 Å². The molecule has 0 fully saturated rings. The van der Waals surface area contributed by atoms with Crippen molar-refractivity contribution in [2.45, 2.75) is 19.9 Å². The van der Waals surface area contributed by atoms with Gasteiger partial charge in [-0.15, -0.1) is 0 Å². The van der Waals surface area contributed by atoms with E-state index >= 15 is 0 Å². The highest BCUT2D eigenvalue weighted by molar-refractivity contribution is 5.81. The molecule has 2 heterocycles. The molecule has 1 amide bonds. The number of rotatable bonds is 4. The topological polar surface area (TPSA) is 88.4 Å². The van der Waals surface area contributed by atoms with Gasteiger partial charge < -0.3 is 10.2 Å². The molecule has 1 aliphatic heterocycles. The first-order chi connectivity index (χ1) is 11.5. The number of nitrogens with zero attached hydrogens (tertiary/aromatic N) is 3. The maximum absolute atomic E-state index is 12.4. The van der Waals surface area contributed by atoms with Crippen LogP contribution in [0.15, 0.2) is 36.5 Å². The highest BCUT2D eigenvalue weighted by Crippen LogP contribution is 2.20. The van der Waals surface area contributed by atoms with Crippen LogP contribution >= 0.6 is 0 Å². The van der Waals surface area contributed by atoms with Crippen LogP contribution in [0, 0.1) is 17.0 Å². The summed E-state index contributed by atoms with van der Waals surface area (Å²) in [4.78, 5) is 28.5. The van der Waals surface area contributed by atoms with Crippen LogP contribution in [0.5, 0.6) is 0 Å². The highest BCUT2D eigenvalue weighted by atomic mass is 16.6. The predicted octanol–water partition coefficient (Wildman–Crippen LogP) is 2.30. The van der Waals surface area contributed by atoms with Crippen molar-refractivity contribution in [2.24, 2.45) is 0 Å². The van der Waals surface area contributed by atoms with E-state index in [1.54, 1.807) is 13.0 Å². The Hall–Kier alpha value is -2.96. The summed E-state index contributed by atoms with van der Waals surface area (Å²) in [6.07, 6.45) is 2.07. The third-order valence-corrected chi connectivity index (χ3v) is 4.18. The maximum Gasteiger partial charge on any atom is 0.290 e. The summed E-state index contributed by atoms with van der Waals surface area (Å²) in [6.45, 7) is 3.08. The molecule has 0 spiro atoms. The van der Waals surface area contributed by atoms with E-state index in [1.165, 1.54) is 17.3 Å². The normalized spacial score (nSPS) is 13.3. The van der Waals surface area contributed by atoms with Crippen molar-refractivity contribution < 1.29 is 9.72 Å². The second-order valence-electron chi connectivity index (χ2n) is 5.80. The van der Waals surface area contributed by atoms with Gasteiger partial charge in [0.1, 0.15) is 12.0 Å². The highest BCUT2D eigenvalue weighted by Gasteiger charge is 2.20. The van der Waals surface area contributed by atoms with Crippen molar-refractivity contribution >= 4 is 17.4 Å². The Kier molecular flexibility index (Phi) is 4.41. The molecule has 0 aliphatic carbocycles. The fraction of sp³-hybridized carbons (Fsp3) is 0.294. The quantitative estimate of drug-likeness (QED) is 0.688. The Labute approximate surface area is 139 Å². The van der Waals surface area contributed by atoms with Crippen LogP contribution < -0.4 is 5.32 Å². The minimum atomic E-state index is -0.470. The zero-order valence-corrected chi connectivity index (χ0v) is 13.4. The van der Waals surface area contributed by atoms with Gasteiger partial charge in [-0.1, -0.05) is 24.3 Å².